The molecule has 1 N–H and O–H groups in total. The number of rotatable bonds is 0. The second-order valence-electron chi connectivity index (χ2n) is 2.01. The third-order valence-electron chi connectivity index (χ3n) is 1.45. The Morgan fingerprint density at radius 2 is 1.62 bits per heavy atom. The lowest BCUT2D eigenvalue weighted by molar-refractivity contribution is -0.784. The zero-order chi connectivity index (χ0) is 6.15. The molecule has 0 fully saturated rings. The zero-order valence-electron chi connectivity index (χ0n) is 5.07. The summed E-state index contributed by atoms with van der Waals surface area (Å²) in [6.07, 6.45) is 3.97. The van der Waals surface area contributed by atoms with E-state index < -0.39 is 0 Å². The van der Waals surface area contributed by atoms with E-state index in [1.165, 1.54) is 4.90 Å². The highest BCUT2D eigenvalue weighted by molar-refractivity contribution is 5.22. The largest absolute Gasteiger partial charge is 0.274 e. The van der Waals surface area contributed by atoms with Crippen molar-refractivity contribution in [3.63, 3.8) is 0 Å². The van der Waals surface area contributed by atoms with Crippen molar-refractivity contribution in [1.82, 2.24) is 0 Å². The molecule has 0 saturated heterocycles. The van der Waals surface area contributed by atoms with E-state index in [2.05, 4.69) is 13.2 Å². The summed E-state index contributed by atoms with van der Waals surface area (Å²) in [6, 6.07) is 0. The molecule has 0 radical (unpaired) electrons. The van der Waals surface area contributed by atoms with E-state index in [0.717, 1.165) is 11.4 Å². The molecule has 0 aromatic heterocycles. The molecular formula is C7H10N+. The van der Waals surface area contributed by atoms with E-state index in [4.69, 9.17) is 0 Å². The van der Waals surface area contributed by atoms with Gasteiger partial charge in [0.15, 0.2) is 0 Å². The summed E-state index contributed by atoms with van der Waals surface area (Å²) in [5, 5.41) is 0. The average Bonchev–Trinajstić information content (AvgIpc) is 1.98. The van der Waals surface area contributed by atoms with Crippen molar-refractivity contribution in [2.45, 2.75) is 0 Å². The molecule has 0 atom stereocenters. The first-order valence-corrected chi connectivity index (χ1v) is 2.62. The number of hydrogen-bond donors (Lipinski definition) is 1. The van der Waals surface area contributed by atoms with Gasteiger partial charge >= 0.3 is 0 Å². The molecule has 1 aliphatic heterocycles. The Balaban J connectivity index is 2.84. The van der Waals surface area contributed by atoms with Crippen molar-refractivity contribution < 1.29 is 4.90 Å². The molecule has 0 bridgehead atoms. The standard InChI is InChI=1S/C7H9N/c1-6-4-5-7(2)8(6)3/h4-5H,1-2H2,3H3/p+1. The van der Waals surface area contributed by atoms with Crippen LogP contribution in [0.4, 0.5) is 0 Å². The summed E-state index contributed by atoms with van der Waals surface area (Å²) in [6.45, 7) is 7.60. The topological polar surface area (TPSA) is 4.44 Å². The van der Waals surface area contributed by atoms with E-state index in [1.807, 2.05) is 19.2 Å². The smallest absolute Gasteiger partial charge is 0.128 e. The lowest BCUT2D eigenvalue weighted by Crippen LogP contribution is -3.03. The molecule has 1 heterocycles. The van der Waals surface area contributed by atoms with Crippen LogP contribution in [0.1, 0.15) is 0 Å². The highest BCUT2D eigenvalue weighted by atomic mass is 15.1. The highest BCUT2D eigenvalue weighted by Gasteiger charge is 2.12. The molecule has 0 amide bonds. The molecule has 1 nitrogen and oxygen atoms in total. The molecular weight excluding hydrogens is 98.1 g/mol. The van der Waals surface area contributed by atoms with Crippen LogP contribution in [0.3, 0.4) is 0 Å². The van der Waals surface area contributed by atoms with Crippen molar-refractivity contribution in [2.75, 3.05) is 7.05 Å². The Morgan fingerprint density at radius 1 is 1.25 bits per heavy atom. The van der Waals surface area contributed by atoms with Gasteiger partial charge < -0.3 is 0 Å². The van der Waals surface area contributed by atoms with E-state index in [0.29, 0.717) is 0 Å². The Kier molecular flexibility index (Phi) is 1.06. The first-order chi connectivity index (χ1) is 3.72. The number of hydrogen-bond acceptors (Lipinski definition) is 0. The number of likely N-dealkylation sites (N-methyl/N-ethyl adjacent to an activating group) is 1. The highest BCUT2D eigenvalue weighted by Crippen LogP contribution is 1.95. The minimum Gasteiger partial charge on any atom is -0.274 e. The molecule has 1 heteroatoms. The van der Waals surface area contributed by atoms with Gasteiger partial charge in [0.05, 0.1) is 7.05 Å². The minimum absolute atomic E-state index is 1.09. The quantitative estimate of drug-likeness (QED) is 0.449. The van der Waals surface area contributed by atoms with Gasteiger partial charge in [-0.25, -0.2) is 0 Å². The predicted molar refractivity (Wildman–Crippen MR) is 34.3 cm³/mol. The fourth-order valence-electron chi connectivity index (χ4n) is 0.657. The number of allylic oxidation sites excluding steroid dienone is 2. The molecule has 0 aliphatic carbocycles. The van der Waals surface area contributed by atoms with Crippen LogP contribution in [0, 0.1) is 0 Å². The van der Waals surface area contributed by atoms with Crippen LogP contribution < -0.4 is 4.90 Å². The van der Waals surface area contributed by atoms with Gasteiger partial charge in [-0.3, -0.25) is 4.90 Å². The minimum atomic E-state index is 1.09. The van der Waals surface area contributed by atoms with E-state index in [9.17, 15) is 0 Å². The van der Waals surface area contributed by atoms with Crippen molar-refractivity contribution in [1.29, 1.82) is 0 Å². The molecule has 0 spiro atoms. The lowest BCUT2D eigenvalue weighted by Gasteiger charge is -2.04. The SMILES string of the molecule is C=C1C=CC(=C)[NH+]1C. The van der Waals surface area contributed by atoms with Gasteiger partial charge in [0.2, 0.25) is 0 Å². The van der Waals surface area contributed by atoms with Crippen LogP contribution in [0.2, 0.25) is 0 Å². The van der Waals surface area contributed by atoms with Crippen molar-refractivity contribution in [2.24, 2.45) is 0 Å². The normalized spacial score (nSPS) is 20.6. The Labute approximate surface area is 49.6 Å². The Bertz CT molecular complexity index is 147. The molecule has 0 saturated carbocycles. The number of nitrogens with one attached hydrogen (secondary N) is 1. The Hall–Kier alpha value is -0.820. The van der Waals surface area contributed by atoms with Crippen molar-refractivity contribution in [3.05, 3.63) is 36.7 Å². The van der Waals surface area contributed by atoms with Gasteiger partial charge in [0.1, 0.15) is 11.4 Å². The average molecular weight is 108 g/mol. The lowest BCUT2D eigenvalue weighted by atomic mass is 10.5. The molecule has 1 aliphatic rings. The van der Waals surface area contributed by atoms with E-state index in [1.54, 1.807) is 0 Å². The Morgan fingerprint density at radius 3 is 1.75 bits per heavy atom. The molecule has 0 unspecified atom stereocenters. The maximum absolute atomic E-state index is 3.80. The van der Waals surface area contributed by atoms with Crippen LogP contribution >= 0.6 is 0 Å². The second kappa shape index (κ2) is 1.60. The van der Waals surface area contributed by atoms with Gasteiger partial charge in [-0.2, -0.15) is 0 Å². The van der Waals surface area contributed by atoms with Crippen LogP contribution in [0.5, 0.6) is 0 Å². The maximum atomic E-state index is 3.80. The van der Waals surface area contributed by atoms with Crippen LogP contribution in [0.15, 0.2) is 36.7 Å². The van der Waals surface area contributed by atoms with E-state index in [-0.39, 0.29) is 0 Å². The fourth-order valence-corrected chi connectivity index (χ4v) is 0.657. The molecule has 0 aromatic carbocycles. The second-order valence-corrected chi connectivity index (χ2v) is 2.01. The monoisotopic (exact) mass is 108 g/mol. The molecule has 42 valence electrons. The fraction of sp³-hybridized carbons (Fsp3) is 0.143. The summed E-state index contributed by atoms with van der Waals surface area (Å²) in [7, 11) is 2.03. The maximum Gasteiger partial charge on any atom is 0.128 e. The van der Waals surface area contributed by atoms with Crippen molar-refractivity contribution in [3.8, 4) is 0 Å². The summed E-state index contributed by atoms with van der Waals surface area (Å²) < 4.78 is 0. The zero-order valence-corrected chi connectivity index (χ0v) is 5.07. The van der Waals surface area contributed by atoms with Crippen LogP contribution in [-0.2, 0) is 0 Å². The summed E-state index contributed by atoms with van der Waals surface area (Å²) >= 11 is 0. The molecule has 1 rings (SSSR count). The summed E-state index contributed by atoms with van der Waals surface area (Å²) in [5.41, 5.74) is 2.19. The number of quaternary nitrogens is 1. The summed E-state index contributed by atoms with van der Waals surface area (Å²) in [4.78, 5) is 1.21. The third-order valence-corrected chi connectivity index (χ3v) is 1.45. The summed E-state index contributed by atoms with van der Waals surface area (Å²) in [5.74, 6) is 0. The van der Waals surface area contributed by atoms with Gasteiger partial charge in [0, 0.05) is 12.2 Å². The van der Waals surface area contributed by atoms with Gasteiger partial charge in [-0.05, 0) is 13.2 Å². The molecule has 0 aromatic rings. The van der Waals surface area contributed by atoms with Gasteiger partial charge in [0.25, 0.3) is 0 Å². The third kappa shape index (κ3) is 0.610. The van der Waals surface area contributed by atoms with Crippen LogP contribution in [0.25, 0.3) is 0 Å². The van der Waals surface area contributed by atoms with Gasteiger partial charge in [-0.15, -0.1) is 0 Å². The van der Waals surface area contributed by atoms with E-state index >= 15 is 0 Å². The van der Waals surface area contributed by atoms with Crippen LogP contribution in [-0.4, -0.2) is 7.05 Å². The first-order valence-electron chi connectivity index (χ1n) is 2.62. The molecule has 8 heavy (non-hydrogen) atoms. The first kappa shape index (κ1) is 5.32. The van der Waals surface area contributed by atoms with Crippen molar-refractivity contribution >= 4 is 0 Å². The predicted octanol–water partition coefficient (Wildman–Crippen LogP) is 0.0983. The van der Waals surface area contributed by atoms with Gasteiger partial charge in [-0.1, -0.05) is 0 Å².